The molecule has 0 aliphatic carbocycles. The normalized spacial score (nSPS) is 16.3. The van der Waals surface area contributed by atoms with Crippen molar-refractivity contribution in [2.45, 2.75) is 258 Å². The minimum Gasteiger partial charge on any atom is -0.462 e. The van der Waals surface area contributed by atoms with Crippen LogP contribution in [0.4, 0.5) is 26.3 Å². The van der Waals surface area contributed by atoms with Crippen LogP contribution in [0.25, 0.3) is 50.3 Å². The Morgan fingerprint density at radius 1 is 0.449 bits per heavy atom. The van der Waals surface area contributed by atoms with E-state index >= 15 is 0 Å². The van der Waals surface area contributed by atoms with Gasteiger partial charge < -0.3 is 80.0 Å². The number of Topliss-reactive ketones (excluding diaryl/α,β-unsaturated/α-hetero) is 3. The van der Waals surface area contributed by atoms with Crippen molar-refractivity contribution in [3.63, 3.8) is 0 Å². The minimum atomic E-state index is -6.15. The zero-order valence-corrected chi connectivity index (χ0v) is 92.1. The van der Waals surface area contributed by atoms with Crippen molar-refractivity contribution >= 4 is 138 Å². The lowest BCUT2D eigenvalue weighted by atomic mass is 9.49. The van der Waals surface area contributed by atoms with Gasteiger partial charge in [-0.2, -0.15) is 60.3 Å². The molecule has 45 heteroatoms. The molecule has 794 valence electrons. The van der Waals surface area contributed by atoms with Crippen molar-refractivity contribution in [3.8, 4) is 22.5 Å². The Labute approximate surface area is 870 Å². The molecule has 0 radical (unpaired) electrons. The first kappa shape index (κ1) is 120. The molecule has 5 fully saturated rings. The first-order chi connectivity index (χ1) is 68.4. The number of aryl methyl sites for hydroxylation is 3. The molecule has 0 spiro atoms. The van der Waals surface area contributed by atoms with Gasteiger partial charge in [-0.25, -0.2) is 19.2 Å². The summed E-state index contributed by atoms with van der Waals surface area (Å²) < 4.78 is 156. The number of ketones is 3. The average Bonchev–Trinajstić information content (AvgIpc) is 1.59. The van der Waals surface area contributed by atoms with Crippen molar-refractivity contribution < 1.29 is 119 Å². The number of fused-ring (bicyclic) bond motifs is 4. The van der Waals surface area contributed by atoms with Crippen LogP contribution in [0.15, 0.2) is 125 Å². The van der Waals surface area contributed by atoms with Crippen molar-refractivity contribution in [2.75, 3.05) is 65.7 Å². The summed E-state index contributed by atoms with van der Waals surface area (Å²) in [6.07, 6.45) is 5.71. The molecule has 2 N–H and O–H groups in total. The predicted octanol–water partition coefficient (Wildman–Crippen LogP) is 19.1. The Hall–Kier alpha value is -11.0. The number of alkyl halides is 6. The molecule has 33 nitrogen and oxygen atoms in total. The van der Waals surface area contributed by atoms with E-state index in [1.54, 1.807) is 79.1 Å². The Balaban J connectivity index is 0.000000194. The number of likely N-dealkylation sites (tertiary alicyclic amines) is 1. The largest absolute Gasteiger partial charge is 0.523 e. The number of rotatable bonds is 19. The summed E-state index contributed by atoms with van der Waals surface area (Å²) >= 11 is 6.58. The zero-order valence-electron chi connectivity index (χ0n) is 88.1. The molecular weight excluding hydrogens is 2070 g/mol. The van der Waals surface area contributed by atoms with E-state index in [1.807, 2.05) is 210 Å². The lowest BCUT2D eigenvalue weighted by Crippen LogP contribution is -2.41. The number of esters is 4. The van der Waals surface area contributed by atoms with Gasteiger partial charge in [0, 0.05) is 111 Å². The number of carbonyl (C=O) groups excluding carboxylic acids is 7. The SMILES string of the molecule is C1CNCCN1.C=C(c1c(C)c(C(=O)OC(C)C)cc2c(-c3ccc(C)nn3)ccn12)N1CCCCC1.CC1(C)OB(B2OC(C)(C)C(C)(C)O2)OC1(C)C.CCOC(=O)c1cc2c(-c3ccc(C)nn3)ccn2c(C(C)=O)c1C.CCOC(=O)c1cc2c(B3OC(C)(C)C(C)(C)O3)ccn2c(C(C)=O)c1C.CCOC(=O)c1cc2c(Br)ccn2c(C(C)=O)c1C.Cc1ccc(Br)nn1.O=S(=O)(OCC(F)(F)F)C(F)(F)F. The Morgan fingerprint density at radius 2 is 0.782 bits per heavy atom. The number of pyridine rings is 4. The van der Waals surface area contributed by atoms with Gasteiger partial charge in [-0.15, -0.1) is 5.10 Å². The summed E-state index contributed by atoms with van der Waals surface area (Å²) in [4.78, 5) is 88.4. The second kappa shape index (κ2) is 49.2. The van der Waals surface area contributed by atoms with Crippen molar-refractivity contribution in [2.24, 2.45) is 0 Å². The fraction of sp³-hybridized carbons (Fsp3) is 0.480. The number of piperazine rings is 1. The van der Waals surface area contributed by atoms with Crippen molar-refractivity contribution in [3.05, 3.63) is 210 Å². The molecule has 5 aliphatic rings. The van der Waals surface area contributed by atoms with E-state index in [1.165, 1.54) is 27.2 Å². The smallest absolute Gasteiger partial charge is 0.462 e. The second-order valence-electron chi connectivity index (χ2n) is 38.6. The molecule has 16 rings (SSSR count). The highest BCUT2D eigenvalue weighted by Gasteiger charge is 2.64. The van der Waals surface area contributed by atoms with Crippen LogP contribution in [0.2, 0.25) is 0 Å². The van der Waals surface area contributed by atoms with E-state index in [-0.39, 0.29) is 65.0 Å². The maximum atomic E-state index is 13.0. The minimum absolute atomic E-state index is 0.0863. The van der Waals surface area contributed by atoms with Crippen LogP contribution in [-0.4, -0.2) is 241 Å². The van der Waals surface area contributed by atoms with E-state index in [0.717, 1.165) is 134 Å². The maximum absolute atomic E-state index is 13.0. The monoisotopic (exact) mass is 2190 g/mol. The number of ether oxygens (including phenoxy) is 4. The van der Waals surface area contributed by atoms with Crippen molar-refractivity contribution in [1.29, 1.82) is 0 Å². The number of carbonyl (C=O) groups is 7. The molecular formula is C102H130B3Br2F6N13O20S. The van der Waals surface area contributed by atoms with Crippen LogP contribution in [0.5, 0.6) is 0 Å². The molecule has 147 heavy (non-hydrogen) atoms. The molecule has 0 saturated carbocycles. The van der Waals surface area contributed by atoms with Crippen LogP contribution in [0.3, 0.4) is 0 Å². The van der Waals surface area contributed by atoms with Gasteiger partial charge in [0.25, 0.3) is 0 Å². The highest BCUT2D eigenvalue weighted by molar-refractivity contribution is 9.10. The van der Waals surface area contributed by atoms with Crippen LogP contribution in [-0.2, 0) is 61.2 Å². The Bertz CT molecular complexity index is 6610. The highest BCUT2D eigenvalue weighted by Crippen LogP contribution is 2.45. The second-order valence-corrected chi connectivity index (χ2v) is 41.8. The summed E-state index contributed by atoms with van der Waals surface area (Å²) in [6.45, 7) is 59.9. The zero-order chi connectivity index (χ0) is 110. The van der Waals surface area contributed by atoms with Gasteiger partial charge >= 0.3 is 66.8 Å². The number of aromatic nitrogens is 10. The van der Waals surface area contributed by atoms with Gasteiger partial charge in [-0.05, 0) is 324 Å². The fourth-order valence-corrected chi connectivity index (χ4v) is 17.0. The average molecular weight is 2200 g/mol. The maximum Gasteiger partial charge on any atom is 0.523 e. The molecule has 0 atom stereocenters. The summed E-state index contributed by atoms with van der Waals surface area (Å²) in [5.41, 5.74) is 9.25. The predicted molar refractivity (Wildman–Crippen MR) is 556 cm³/mol. The van der Waals surface area contributed by atoms with Crippen LogP contribution < -0.4 is 16.1 Å². The van der Waals surface area contributed by atoms with E-state index in [0.29, 0.717) is 73.8 Å². The summed E-state index contributed by atoms with van der Waals surface area (Å²) in [5, 5.41) is 30.9. The lowest BCUT2D eigenvalue weighted by molar-refractivity contribution is -0.156. The third kappa shape index (κ3) is 29.0. The van der Waals surface area contributed by atoms with Gasteiger partial charge in [0.2, 0.25) is 0 Å². The van der Waals surface area contributed by atoms with Crippen molar-refractivity contribution in [1.82, 2.24) is 63.7 Å². The van der Waals surface area contributed by atoms with E-state index in [9.17, 15) is 68.3 Å². The number of piperidine rings is 1. The lowest BCUT2D eigenvalue weighted by Gasteiger charge is -2.32. The van der Waals surface area contributed by atoms with Gasteiger partial charge in [0.05, 0.1) is 155 Å². The standard InChI is InChI=1S/C25H30N4O2.C20H26BNO5.C19H19N3O3.C14H14BrNO3.C12H24B2O4.C5H5BrN2.C4H10N2.C3H2F6O3S/c1-16(2)31-25(30)21-15-23-20(22-10-9-17(3)26-27-22)11-14-29(23)24(18(21)4)19(5)28-12-7-6-8-13-28;1-8-25-18(24)14-11-16-15(21-26-19(4,5)20(6,7)27-21)9-10-22(16)17(12(14)2)13(3)23;1-5-25-19(24)15-10-17-14(16-7-6-11(2)20-21-16)8-9-22(17)18(12(15)3)13(4)23;1-4-19-14(18)10-7-12-11(15)5-6-16(12)13(8(10)2)9(3)17;1-9(2)10(3,4)16-13(15-9)14-17-11(5,6)12(7,8)18-14;1-4-2-3-5(6)8-7-4;1-2-6-4-3-5-1;4-2(5,6)1-12-13(10,11)3(7,8)9/h9-11,14-16H,5-8,12-13H2,1-4H3;9-11H,8H2,1-7H3;6-10H,5H2,1-4H3;5-7H,4H2,1-3H3;1-8H3;2-3H,1H3;5-6H,1-4H2;1H2. The van der Waals surface area contributed by atoms with Gasteiger partial charge in [-0.3, -0.25) is 18.6 Å². The highest BCUT2D eigenvalue weighted by atomic mass is 79.9. The molecule has 0 aromatic carbocycles. The fourth-order valence-electron chi connectivity index (χ4n) is 16.0. The van der Waals surface area contributed by atoms with E-state index < -0.39 is 78.7 Å². The van der Waals surface area contributed by atoms with Crippen LogP contribution >= 0.6 is 31.9 Å². The number of hydrogen-bond donors (Lipinski definition) is 2. The molecule has 5 saturated heterocycles. The molecule has 11 aromatic rings. The number of halogens is 8. The number of hydrogen-bond acceptors (Lipinski definition) is 29. The molecule has 0 unspecified atom stereocenters. The first-order valence-electron chi connectivity index (χ1n) is 47.9. The van der Waals surface area contributed by atoms with Gasteiger partial charge in [-0.1, -0.05) is 6.58 Å². The summed E-state index contributed by atoms with van der Waals surface area (Å²) in [5.74, 6) is -1.93. The first-order valence-corrected chi connectivity index (χ1v) is 50.9. The Kier molecular flexibility index (Phi) is 40.0. The summed E-state index contributed by atoms with van der Waals surface area (Å²) in [6, 6.07) is 26.2. The molecule has 16 heterocycles. The van der Waals surface area contributed by atoms with Gasteiger partial charge in [0.15, 0.2) is 24.0 Å². The van der Waals surface area contributed by atoms with Gasteiger partial charge in [0.1, 0.15) is 4.60 Å². The third-order valence-corrected chi connectivity index (χ3v) is 27.8. The van der Waals surface area contributed by atoms with Crippen LogP contribution in [0, 0.1) is 48.5 Å². The molecule has 11 aromatic heterocycles. The molecule has 0 amide bonds. The van der Waals surface area contributed by atoms with Crippen LogP contribution in [0.1, 0.15) is 276 Å². The number of nitrogens with one attached hydrogen (secondary N) is 2. The quantitative estimate of drug-likeness (QED) is 0.0144. The molecule has 5 aliphatic heterocycles. The Morgan fingerprint density at radius 3 is 1.12 bits per heavy atom. The van der Waals surface area contributed by atoms with E-state index in [2.05, 4.69) is 93.1 Å². The van der Waals surface area contributed by atoms with E-state index in [4.69, 9.17) is 46.9 Å². The topological polar surface area (TPSA) is 377 Å². The third-order valence-electron chi connectivity index (χ3n) is 25.7. The molecule has 0 bridgehead atoms. The summed E-state index contributed by atoms with van der Waals surface area (Å²) in [7, 11) is -7.69. The number of nitrogens with zero attached hydrogens (tertiary/aromatic N) is 11.